The van der Waals surface area contributed by atoms with Gasteiger partial charge in [0.1, 0.15) is 11.9 Å². The Bertz CT molecular complexity index is 1270. The Balaban J connectivity index is 1.49. The Hall–Kier alpha value is -2.89. The zero-order valence-corrected chi connectivity index (χ0v) is 21.9. The molecule has 2 aliphatic rings. The first-order valence-electron chi connectivity index (χ1n) is 13.0. The first-order valence-corrected chi connectivity index (χ1v) is 13.4. The third-order valence-corrected chi connectivity index (χ3v) is 7.82. The van der Waals surface area contributed by atoms with Crippen LogP contribution in [0.1, 0.15) is 53.5 Å². The van der Waals surface area contributed by atoms with Crippen molar-refractivity contribution in [3.63, 3.8) is 0 Å². The maximum atomic E-state index is 13.0. The number of ether oxygens (including phenoxy) is 1. The molecule has 0 spiro atoms. The molecule has 0 N–H and O–H groups in total. The number of aryl methyl sites for hydroxylation is 2. The van der Waals surface area contributed by atoms with Crippen LogP contribution >= 0.6 is 11.6 Å². The summed E-state index contributed by atoms with van der Waals surface area (Å²) in [6.07, 6.45) is 4.33. The number of benzene rings is 3. The smallest absolute Gasteiger partial charge is 0.172 e. The van der Waals surface area contributed by atoms with Gasteiger partial charge in [-0.15, -0.1) is 0 Å². The summed E-state index contributed by atoms with van der Waals surface area (Å²) in [7, 11) is 0. The van der Waals surface area contributed by atoms with E-state index in [1.165, 1.54) is 5.57 Å². The van der Waals surface area contributed by atoms with Gasteiger partial charge >= 0.3 is 0 Å². The van der Waals surface area contributed by atoms with E-state index in [4.69, 9.17) is 16.3 Å². The second-order valence-corrected chi connectivity index (χ2v) is 10.4. The van der Waals surface area contributed by atoms with E-state index in [-0.39, 0.29) is 18.5 Å². The van der Waals surface area contributed by atoms with Gasteiger partial charge in [0, 0.05) is 29.2 Å². The first kappa shape index (κ1) is 25.7. The zero-order chi connectivity index (χ0) is 25.8. The standard InChI is InChI=1S/C31H32ClF2NO2/c1-21-18-24(8-13-30(21)32)28-5-2-4-23-19-26(37-34)11-12-29(23)31(28)22-6-9-25(10-7-22)36-27-14-17-35(20-27)16-3-15-33/h6-13,18-19,27H,2-5,14-17,20H2,1H3/t27-/m0/s1. The van der Waals surface area contributed by atoms with Gasteiger partial charge in [-0.1, -0.05) is 41.9 Å². The topological polar surface area (TPSA) is 21.7 Å². The second-order valence-electron chi connectivity index (χ2n) is 9.96. The molecule has 37 heavy (non-hydrogen) atoms. The minimum Gasteiger partial charge on any atom is -0.489 e. The summed E-state index contributed by atoms with van der Waals surface area (Å²) < 4.78 is 31.8. The summed E-state index contributed by atoms with van der Waals surface area (Å²) in [5.41, 5.74) is 7.83. The summed E-state index contributed by atoms with van der Waals surface area (Å²) in [6, 6.07) is 19.9. The third kappa shape index (κ3) is 5.83. The van der Waals surface area contributed by atoms with Crippen LogP contribution < -0.4 is 9.68 Å². The minimum absolute atomic E-state index is 0.120. The number of likely N-dealkylation sites (tertiary alicyclic amines) is 1. The van der Waals surface area contributed by atoms with E-state index < -0.39 is 0 Å². The molecule has 0 unspecified atom stereocenters. The fraction of sp³-hybridized carbons (Fsp3) is 0.355. The Morgan fingerprint density at radius 3 is 2.51 bits per heavy atom. The average Bonchev–Trinajstić information content (AvgIpc) is 3.27. The van der Waals surface area contributed by atoms with Crippen LogP contribution in [-0.4, -0.2) is 37.3 Å². The van der Waals surface area contributed by atoms with Gasteiger partial charge in [-0.2, -0.15) is 0 Å². The molecule has 1 aliphatic heterocycles. The lowest BCUT2D eigenvalue weighted by atomic mass is 9.87. The highest BCUT2D eigenvalue weighted by Crippen LogP contribution is 2.41. The first-order chi connectivity index (χ1) is 18.1. The number of nitrogens with zero attached hydrogens (tertiary/aromatic N) is 1. The summed E-state index contributed by atoms with van der Waals surface area (Å²) >= 11 is 6.34. The van der Waals surface area contributed by atoms with Gasteiger partial charge in [-0.25, -0.2) is 0 Å². The van der Waals surface area contributed by atoms with E-state index in [1.807, 2.05) is 31.2 Å². The molecule has 1 aliphatic carbocycles. The van der Waals surface area contributed by atoms with E-state index in [0.717, 1.165) is 89.5 Å². The zero-order valence-electron chi connectivity index (χ0n) is 21.1. The number of allylic oxidation sites excluding steroid dienone is 1. The molecule has 0 amide bonds. The van der Waals surface area contributed by atoms with E-state index in [9.17, 15) is 8.92 Å². The largest absolute Gasteiger partial charge is 0.489 e. The molecule has 6 heteroatoms. The second kappa shape index (κ2) is 11.7. The predicted octanol–water partition coefficient (Wildman–Crippen LogP) is 8.02. The highest BCUT2D eigenvalue weighted by atomic mass is 35.5. The van der Waals surface area contributed by atoms with Gasteiger partial charge in [0.25, 0.3) is 0 Å². The van der Waals surface area contributed by atoms with Crippen LogP contribution in [0.2, 0.25) is 5.02 Å². The molecular formula is C31H32ClF2NO2. The Labute approximate surface area is 222 Å². The molecule has 0 aromatic heterocycles. The van der Waals surface area contributed by atoms with Crippen LogP contribution in [0.15, 0.2) is 60.7 Å². The predicted molar refractivity (Wildman–Crippen MR) is 146 cm³/mol. The van der Waals surface area contributed by atoms with Crippen LogP contribution in [0.3, 0.4) is 0 Å². The van der Waals surface area contributed by atoms with Gasteiger partial charge in [0.15, 0.2) is 5.75 Å². The maximum absolute atomic E-state index is 13.0. The van der Waals surface area contributed by atoms with Crippen molar-refractivity contribution < 1.29 is 18.6 Å². The lowest BCUT2D eigenvalue weighted by Gasteiger charge is -2.19. The fourth-order valence-electron chi connectivity index (χ4n) is 5.54. The van der Waals surface area contributed by atoms with E-state index in [1.54, 1.807) is 12.1 Å². The van der Waals surface area contributed by atoms with E-state index in [2.05, 4.69) is 34.1 Å². The van der Waals surface area contributed by atoms with Crippen molar-refractivity contribution in [1.82, 2.24) is 4.90 Å². The highest BCUT2D eigenvalue weighted by Gasteiger charge is 2.24. The van der Waals surface area contributed by atoms with Crippen molar-refractivity contribution in [2.45, 2.75) is 45.1 Å². The number of rotatable bonds is 8. The van der Waals surface area contributed by atoms with Crippen molar-refractivity contribution in [2.75, 3.05) is 26.3 Å². The van der Waals surface area contributed by atoms with E-state index >= 15 is 0 Å². The quantitative estimate of drug-likeness (QED) is 0.298. The summed E-state index contributed by atoms with van der Waals surface area (Å²) in [5.74, 6) is 1.06. The average molecular weight is 524 g/mol. The molecule has 3 aromatic rings. The monoisotopic (exact) mass is 523 g/mol. The van der Waals surface area contributed by atoms with Crippen LogP contribution in [0, 0.1) is 6.92 Å². The van der Waals surface area contributed by atoms with Gasteiger partial charge in [0.05, 0.1) is 6.67 Å². The maximum Gasteiger partial charge on any atom is 0.172 e. The number of fused-ring (bicyclic) bond motifs is 1. The van der Waals surface area contributed by atoms with Crippen molar-refractivity contribution >= 4 is 22.7 Å². The number of hydrogen-bond donors (Lipinski definition) is 0. The minimum atomic E-state index is -0.276. The van der Waals surface area contributed by atoms with Gasteiger partial charge in [-0.05, 0) is 108 Å². The highest BCUT2D eigenvalue weighted by molar-refractivity contribution is 6.31. The lowest BCUT2D eigenvalue weighted by Crippen LogP contribution is -2.26. The molecule has 3 nitrogen and oxygen atoms in total. The summed E-state index contributed by atoms with van der Waals surface area (Å²) in [4.78, 5) is 6.31. The normalized spacial score (nSPS) is 18.0. The Kier molecular flexibility index (Phi) is 8.11. The third-order valence-electron chi connectivity index (χ3n) is 7.40. The molecule has 0 radical (unpaired) electrons. The van der Waals surface area contributed by atoms with Gasteiger partial charge < -0.3 is 4.74 Å². The Morgan fingerprint density at radius 2 is 1.76 bits per heavy atom. The molecular weight excluding hydrogens is 492 g/mol. The van der Waals surface area contributed by atoms with Gasteiger partial charge in [0.2, 0.25) is 0 Å². The number of halogens is 3. The summed E-state index contributed by atoms with van der Waals surface area (Å²) in [5, 5.41) is 0.751. The van der Waals surface area contributed by atoms with Crippen molar-refractivity contribution in [3.05, 3.63) is 93.5 Å². The summed E-state index contributed by atoms with van der Waals surface area (Å²) in [6.45, 7) is 4.31. The molecule has 1 fully saturated rings. The van der Waals surface area contributed by atoms with Crippen molar-refractivity contribution in [2.24, 2.45) is 0 Å². The number of hydrogen-bond acceptors (Lipinski definition) is 3. The SMILES string of the molecule is Cc1cc(C2=C(c3ccc(O[C@H]4CCN(CCCF)C4)cc3)c3ccc(OF)cc3CCC2)ccc1Cl. The fourth-order valence-corrected chi connectivity index (χ4v) is 5.65. The van der Waals surface area contributed by atoms with Crippen LogP contribution in [0.25, 0.3) is 11.1 Å². The van der Waals surface area contributed by atoms with Crippen LogP contribution in [0.5, 0.6) is 11.5 Å². The molecule has 1 atom stereocenters. The van der Waals surface area contributed by atoms with Crippen molar-refractivity contribution in [3.8, 4) is 11.5 Å². The molecule has 5 rings (SSSR count). The number of alkyl halides is 1. The molecule has 0 saturated carbocycles. The molecule has 0 bridgehead atoms. The molecule has 1 saturated heterocycles. The molecule has 194 valence electrons. The molecule has 1 heterocycles. The lowest BCUT2D eigenvalue weighted by molar-refractivity contribution is -0.00629. The van der Waals surface area contributed by atoms with Crippen molar-refractivity contribution in [1.29, 1.82) is 0 Å². The van der Waals surface area contributed by atoms with E-state index in [0.29, 0.717) is 6.42 Å². The van der Waals surface area contributed by atoms with Gasteiger partial charge in [-0.3, -0.25) is 14.2 Å². The van der Waals surface area contributed by atoms with Crippen LogP contribution in [0.4, 0.5) is 8.92 Å². The van der Waals surface area contributed by atoms with Crippen LogP contribution in [-0.2, 0) is 6.42 Å². The Morgan fingerprint density at radius 1 is 0.973 bits per heavy atom. The molecule has 3 aromatic carbocycles.